The van der Waals surface area contributed by atoms with Crippen molar-refractivity contribution in [2.75, 3.05) is 0 Å². The number of imidazole rings is 1. The minimum absolute atomic E-state index is 0.283. The van der Waals surface area contributed by atoms with Crippen LogP contribution in [0.15, 0.2) is 70.5 Å². The van der Waals surface area contributed by atoms with Crippen LogP contribution in [-0.4, -0.2) is 18.7 Å². The Morgan fingerprint density at radius 3 is 2.43 bits per heavy atom. The summed E-state index contributed by atoms with van der Waals surface area (Å²) in [4.78, 5) is 31.2. The van der Waals surface area contributed by atoms with Crippen LogP contribution in [0.2, 0.25) is 5.02 Å². The van der Waals surface area contributed by atoms with Gasteiger partial charge in [0.05, 0.1) is 12.0 Å². The van der Waals surface area contributed by atoms with Crippen LogP contribution in [0, 0.1) is 5.92 Å². The first-order valence-corrected chi connectivity index (χ1v) is 10.5. The second kappa shape index (κ2) is 7.61. The van der Waals surface area contributed by atoms with E-state index in [0.29, 0.717) is 40.8 Å². The Labute approximate surface area is 178 Å². The van der Waals surface area contributed by atoms with Gasteiger partial charge in [-0.3, -0.25) is 9.36 Å². The highest BCUT2D eigenvalue weighted by Crippen LogP contribution is 2.31. The molecule has 0 radical (unpaired) electrons. The highest BCUT2D eigenvalue weighted by molar-refractivity contribution is 6.30. The van der Waals surface area contributed by atoms with Gasteiger partial charge in [-0.1, -0.05) is 41.9 Å². The van der Waals surface area contributed by atoms with Crippen molar-refractivity contribution >= 4 is 22.8 Å². The molecular formula is C23H21ClN4O2. The zero-order valence-corrected chi connectivity index (χ0v) is 17.1. The number of benzene rings is 2. The van der Waals surface area contributed by atoms with Crippen LogP contribution >= 0.6 is 11.6 Å². The van der Waals surface area contributed by atoms with E-state index in [-0.39, 0.29) is 11.2 Å². The summed E-state index contributed by atoms with van der Waals surface area (Å²) in [6, 6.07) is 16.9. The SMILES string of the molecule is O=c1c2c(ncn2CC2CC2)n(-c2ccc(Cl)cc2)c(=O)n1CCc1ccccc1. The molecule has 1 aliphatic carbocycles. The van der Waals surface area contributed by atoms with E-state index in [0.717, 1.165) is 12.1 Å². The Balaban J connectivity index is 1.68. The van der Waals surface area contributed by atoms with Gasteiger partial charge in [-0.2, -0.15) is 0 Å². The number of aromatic nitrogens is 4. The van der Waals surface area contributed by atoms with E-state index in [1.807, 2.05) is 34.9 Å². The number of fused-ring (bicyclic) bond motifs is 1. The number of hydrogen-bond donors (Lipinski definition) is 0. The molecule has 2 aromatic heterocycles. The molecule has 30 heavy (non-hydrogen) atoms. The van der Waals surface area contributed by atoms with Gasteiger partial charge in [-0.25, -0.2) is 14.3 Å². The second-order valence-electron chi connectivity index (χ2n) is 7.80. The smallest absolute Gasteiger partial charge is 0.324 e. The largest absolute Gasteiger partial charge is 0.337 e. The molecule has 0 amide bonds. The molecule has 6 nitrogen and oxygen atoms in total. The van der Waals surface area contributed by atoms with Gasteiger partial charge in [-0.05, 0) is 55.0 Å². The molecule has 2 aromatic carbocycles. The summed E-state index contributed by atoms with van der Waals surface area (Å²) >= 11 is 6.04. The van der Waals surface area contributed by atoms with Gasteiger partial charge in [-0.15, -0.1) is 0 Å². The maximum atomic E-state index is 13.4. The van der Waals surface area contributed by atoms with Gasteiger partial charge >= 0.3 is 5.69 Å². The van der Waals surface area contributed by atoms with Crippen LogP contribution in [0.3, 0.4) is 0 Å². The van der Waals surface area contributed by atoms with Crippen molar-refractivity contribution in [1.82, 2.24) is 18.7 Å². The summed E-state index contributed by atoms with van der Waals surface area (Å²) in [6.07, 6.45) is 4.61. The summed E-state index contributed by atoms with van der Waals surface area (Å²) in [6.45, 7) is 1.06. The van der Waals surface area contributed by atoms with Gasteiger partial charge in [0.15, 0.2) is 11.2 Å². The van der Waals surface area contributed by atoms with Crippen molar-refractivity contribution in [3.63, 3.8) is 0 Å². The predicted octanol–water partition coefficient (Wildman–Crippen LogP) is 3.66. The summed E-state index contributed by atoms with van der Waals surface area (Å²) in [5.74, 6) is 0.579. The molecular weight excluding hydrogens is 400 g/mol. The normalized spacial score (nSPS) is 13.8. The molecule has 152 valence electrons. The first kappa shape index (κ1) is 18.9. The lowest BCUT2D eigenvalue weighted by Gasteiger charge is -2.13. The molecule has 1 saturated carbocycles. The Morgan fingerprint density at radius 1 is 1.00 bits per heavy atom. The molecule has 4 aromatic rings. The van der Waals surface area contributed by atoms with Crippen LogP contribution in [0.1, 0.15) is 18.4 Å². The van der Waals surface area contributed by atoms with Gasteiger partial charge in [0.2, 0.25) is 0 Å². The number of nitrogens with zero attached hydrogens (tertiary/aromatic N) is 4. The quantitative estimate of drug-likeness (QED) is 0.478. The second-order valence-corrected chi connectivity index (χ2v) is 8.24. The van der Waals surface area contributed by atoms with Crippen molar-refractivity contribution in [1.29, 1.82) is 0 Å². The van der Waals surface area contributed by atoms with Crippen LogP contribution in [0.5, 0.6) is 0 Å². The Morgan fingerprint density at radius 2 is 1.73 bits per heavy atom. The van der Waals surface area contributed by atoms with E-state index in [1.54, 1.807) is 30.6 Å². The lowest BCUT2D eigenvalue weighted by atomic mass is 10.1. The van der Waals surface area contributed by atoms with Crippen LogP contribution < -0.4 is 11.2 Å². The fourth-order valence-electron chi connectivity index (χ4n) is 3.80. The van der Waals surface area contributed by atoms with E-state index in [2.05, 4.69) is 4.98 Å². The van der Waals surface area contributed by atoms with Gasteiger partial charge < -0.3 is 4.57 Å². The van der Waals surface area contributed by atoms with Gasteiger partial charge in [0.25, 0.3) is 5.56 Å². The molecule has 0 bridgehead atoms. The molecule has 0 atom stereocenters. The molecule has 1 aliphatic rings. The van der Waals surface area contributed by atoms with Crippen molar-refractivity contribution in [3.8, 4) is 5.69 Å². The topological polar surface area (TPSA) is 61.8 Å². The van der Waals surface area contributed by atoms with Crippen LogP contribution in [0.25, 0.3) is 16.9 Å². The van der Waals surface area contributed by atoms with Crippen molar-refractivity contribution < 1.29 is 0 Å². The number of aryl methyl sites for hydroxylation is 1. The minimum Gasteiger partial charge on any atom is -0.324 e. The van der Waals surface area contributed by atoms with Crippen molar-refractivity contribution in [2.45, 2.75) is 32.4 Å². The van der Waals surface area contributed by atoms with Gasteiger partial charge in [0.1, 0.15) is 0 Å². The van der Waals surface area contributed by atoms with Crippen molar-refractivity contribution in [2.24, 2.45) is 5.92 Å². The Kier molecular flexibility index (Phi) is 4.79. The first-order valence-electron chi connectivity index (χ1n) is 10.1. The maximum Gasteiger partial charge on any atom is 0.337 e. The molecule has 0 N–H and O–H groups in total. The Hall–Kier alpha value is -3.12. The molecule has 7 heteroatoms. The molecule has 0 saturated heterocycles. The maximum absolute atomic E-state index is 13.4. The average Bonchev–Trinajstić information content (AvgIpc) is 3.48. The molecule has 5 rings (SSSR count). The summed E-state index contributed by atoms with van der Waals surface area (Å²) in [5.41, 5.74) is 1.91. The predicted molar refractivity (Wildman–Crippen MR) is 117 cm³/mol. The highest BCUT2D eigenvalue weighted by Gasteiger charge is 2.25. The third-order valence-electron chi connectivity index (χ3n) is 5.60. The third kappa shape index (κ3) is 3.48. The number of hydrogen-bond acceptors (Lipinski definition) is 3. The van der Waals surface area contributed by atoms with E-state index >= 15 is 0 Å². The monoisotopic (exact) mass is 420 g/mol. The fourth-order valence-corrected chi connectivity index (χ4v) is 3.93. The lowest BCUT2D eigenvalue weighted by molar-refractivity contribution is 0.605. The molecule has 0 unspecified atom stereocenters. The molecule has 0 aliphatic heterocycles. The molecule has 1 fully saturated rings. The van der Waals surface area contributed by atoms with E-state index in [4.69, 9.17) is 11.6 Å². The summed E-state index contributed by atoms with van der Waals surface area (Å²) in [5, 5.41) is 0.583. The van der Waals surface area contributed by atoms with Crippen LogP contribution in [-0.2, 0) is 19.5 Å². The fraction of sp³-hybridized carbons (Fsp3) is 0.261. The average molecular weight is 421 g/mol. The number of rotatable bonds is 6. The van der Waals surface area contributed by atoms with Crippen molar-refractivity contribution in [3.05, 3.63) is 92.3 Å². The minimum atomic E-state index is -0.387. The standard InChI is InChI=1S/C23H21ClN4O2/c24-18-8-10-19(11-9-18)28-21-20(26(15-25-21)14-17-6-7-17)22(29)27(23(28)30)13-12-16-4-2-1-3-5-16/h1-5,8-11,15,17H,6-7,12-14H2. The lowest BCUT2D eigenvalue weighted by Crippen LogP contribution is -2.40. The highest BCUT2D eigenvalue weighted by atomic mass is 35.5. The third-order valence-corrected chi connectivity index (χ3v) is 5.86. The number of halogens is 1. The van der Waals surface area contributed by atoms with E-state index in [9.17, 15) is 9.59 Å². The molecule has 0 spiro atoms. The van der Waals surface area contributed by atoms with E-state index in [1.165, 1.54) is 22.0 Å². The zero-order valence-electron chi connectivity index (χ0n) is 16.4. The summed E-state index contributed by atoms with van der Waals surface area (Å²) < 4.78 is 4.75. The Bertz CT molecular complexity index is 1320. The molecule has 2 heterocycles. The van der Waals surface area contributed by atoms with E-state index < -0.39 is 0 Å². The zero-order chi connectivity index (χ0) is 20.7. The first-order chi connectivity index (χ1) is 14.6. The summed E-state index contributed by atoms with van der Waals surface area (Å²) in [7, 11) is 0. The van der Waals surface area contributed by atoms with Crippen LogP contribution in [0.4, 0.5) is 0 Å². The van der Waals surface area contributed by atoms with Gasteiger partial charge in [0, 0.05) is 18.1 Å².